The Morgan fingerprint density at radius 1 is 0.697 bits per heavy atom. The van der Waals surface area contributed by atoms with Gasteiger partial charge in [-0.3, -0.25) is 10.2 Å². The third kappa shape index (κ3) is 21.0. The lowest BCUT2D eigenvalue weighted by Gasteiger charge is -2.34. The summed E-state index contributed by atoms with van der Waals surface area (Å²) < 4.78 is 39.6. The fourth-order valence-corrected chi connectivity index (χ4v) is 5.74. The van der Waals surface area contributed by atoms with Crippen molar-refractivity contribution in [1.82, 2.24) is 30.2 Å². The number of hydrogen-bond donors (Lipinski definition) is 5. The van der Waals surface area contributed by atoms with Crippen molar-refractivity contribution in [1.29, 1.82) is 0 Å². The minimum atomic E-state index is -0.955. The van der Waals surface area contributed by atoms with E-state index in [0.29, 0.717) is 84.4 Å². The van der Waals surface area contributed by atoms with Gasteiger partial charge in [0.1, 0.15) is 65.7 Å². The number of anilines is 2. The fourth-order valence-electron chi connectivity index (χ4n) is 5.74. The molecular formula is C48H78N8O10. The van der Waals surface area contributed by atoms with Gasteiger partial charge in [0.25, 0.3) is 0 Å². The van der Waals surface area contributed by atoms with Crippen LogP contribution in [0.4, 0.5) is 21.2 Å². The largest absolute Gasteiger partial charge is 0.496 e. The molecule has 0 aliphatic carbocycles. The molecule has 0 bridgehead atoms. The summed E-state index contributed by atoms with van der Waals surface area (Å²) in [4.78, 5) is 26.4. The van der Waals surface area contributed by atoms with Crippen molar-refractivity contribution in [2.45, 2.75) is 101 Å². The van der Waals surface area contributed by atoms with Crippen LogP contribution in [0.5, 0.6) is 23.0 Å². The van der Waals surface area contributed by atoms with Crippen molar-refractivity contribution >= 4 is 23.8 Å². The van der Waals surface area contributed by atoms with Gasteiger partial charge in [0, 0.05) is 25.2 Å². The number of methoxy groups -OCH3 is 2. The van der Waals surface area contributed by atoms with Crippen LogP contribution in [0, 0.1) is 17.8 Å². The minimum absolute atomic E-state index is 0.216. The van der Waals surface area contributed by atoms with Crippen molar-refractivity contribution < 1.29 is 47.9 Å². The molecule has 2 aliphatic heterocycles. The molecular weight excluding hydrogens is 849 g/mol. The molecule has 2 atom stereocenters. The number of rotatable bonds is 10. The number of aromatic nitrogens is 4. The molecule has 0 saturated carbocycles. The second-order valence-corrected chi connectivity index (χ2v) is 18.5. The van der Waals surface area contributed by atoms with Gasteiger partial charge < -0.3 is 59.5 Å². The van der Waals surface area contributed by atoms with Crippen molar-refractivity contribution in [2.75, 3.05) is 78.3 Å². The maximum atomic E-state index is 12.3. The number of amides is 2. The van der Waals surface area contributed by atoms with E-state index >= 15 is 0 Å². The van der Waals surface area contributed by atoms with E-state index in [0.717, 1.165) is 23.3 Å². The maximum Gasteiger partial charge on any atom is 0.410 e. The Morgan fingerprint density at radius 3 is 1.39 bits per heavy atom. The number of nitrogens with one attached hydrogen (secondary N) is 2. The lowest BCUT2D eigenvalue weighted by molar-refractivity contribution is -0.0556. The Hall–Kier alpha value is -5.88. The summed E-state index contributed by atoms with van der Waals surface area (Å²) in [5, 5.41) is 22.7. The molecule has 2 saturated heterocycles. The van der Waals surface area contributed by atoms with Crippen molar-refractivity contribution in [3.8, 4) is 45.5 Å². The van der Waals surface area contributed by atoms with E-state index in [1.165, 1.54) is 4.90 Å². The molecule has 2 fully saturated rings. The van der Waals surface area contributed by atoms with Gasteiger partial charge in [-0.15, -0.1) is 0 Å². The first-order chi connectivity index (χ1) is 31.0. The number of benzene rings is 2. The van der Waals surface area contributed by atoms with Gasteiger partial charge >= 0.3 is 12.2 Å². The second kappa shape index (κ2) is 28.2. The lowest BCUT2D eigenvalue weighted by atomic mass is 10.1. The fraction of sp³-hybridized carbons (Fsp3) is 0.583. The third-order valence-electron chi connectivity index (χ3n) is 8.20. The first-order valence-corrected chi connectivity index (χ1v) is 22.5. The van der Waals surface area contributed by atoms with Crippen LogP contribution in [0.15, 0.2) is 48.5 Å². The highest BCUT2D eigenvalue weighted by atomic mass is 16.6. The summed E-state index contributed by atoms with van der Waals surface area (Å²) in [5.41, 5.74) is 13.7. The number of nitrogens with two attached hydrogens (primary N) is 2. The molecule has 66 heavy (non-hydrogen) atoms. The molecule has 370 valence electrons. The Balaban J connectivity index is 0.000000367. The summed E-state index contributed by atoms with van der Waals surface area (Å²) in [7, 11) is 3.16. The maximum absolute atomic E-state index is 12.3. The van der Waals surface area contributed by atoms with Crippen LogP contribution in [0.2, 0.25) is 0 Å². The van der Waals surface area contributed by atoms with E-state index < -0.39 is 11.7 Å². The van der Waals surface area contributed by atoms with Gasteiger partial charge in [-0.2, -0.15) is 10.2 Å². The zero-order valence-corrected chi connectivity index (χ0v) is 41.7. The van der Waals surface area contributed by atoms with E-state index in [-0.39, 0.29) is 38.1 Å². The number of H-pyrrole nitrogens is 2. The molecule has 0 spiro atoms. The van der Waals surface area contributed by atoms with E-state index in [1.54, 1.807) is 37.3 Å². The standard InChI is InChI=1S/C20H28N4O5.C16H20N4O5.3C4H10/c1-20(2,3)29-19(25)24-8-9-27-13(11-24)12-28-16-7-5-6-15(26-4)18(16)14-10-17(21)23-22-14;1-23-12-3-2-4-13(15(12)11-7-14(17)19-18-11)25-9-10-8-20(16(21)22)5-6-24-10;3*1-4(2)3/h5-7,10,13H,8-9,11-12H2,1-4H3,(H3,21,22,23);2-4,7,10H,5-6,8-9H2,1H3,(H,21,22)(H3,17,18,19);3*4H,1-3H3/t13-;10-;;;/m00.../s1. The van der Waals surface area contributed by atoms with E-state index in [1.807, 2.05) is 51.1 Å². The molecule has 2 aromatic carbocycles. The van der Waals surface area contributed by atoms with Gasteiger partial charge in [-0.25, -0.2) is 9.59 Å². The van der Waals surface area contributed by atoms with Crippen LogP contribution in [-0.2, 0) is 14.2 Å². The molecule has 7 N–H and O–H groups in total. The van der Waals surface area contributed by atoms with Gasteiger partial charge in [0.2, 0.25) is 0 Å². The second-order valence-electron chi connectivity index (χ2n) is 18.5. The van der Waals surface area contributed by atoms with Gasteiger partial charge in [0.15, 0.2) is 0 Å². The molecule has 2 aromatic heterocycles. The quantitative estimate of drug-likeness (QED) is 0.0998. The average molecular weight is 927 g/mol. The summed E-state index contributed by atoms with van der Waals surface area (Å²) in [6, 6.07) is 14.3. The molecule has 6 rings (SSSR count). The molecule has 0 unspecified atom stereocenters. The Bertz CT molecular complexity index is 1990. The topological polar surface area (TPSA) is 235 Å². The van der Waals surface area contributed by atoms with Gasteiger partial charge in [0.05, 0.1) is 63.0 Å². The van der Waals surface area contributed by atoms with Gasteiger partial charge in [-0.05, 0) is 62.8 Å². The number of nitrogen functional groups attached to an aromatic ring is 2. The van der Waals surface area contributed by atoms with Crippen molar-refractivity contribution in [3.63, 3.8) is 0 Å². The summed E-state index contributed by atoms with van der Waals surface area (Å²) >= 11 is 0. The first-order valence-electron chi connectivity index (χ1n) is 22.5. The SMILES string of the molecule is CC(C)C.CC(C)C.CC(C)C.COc1cccc(OC[C@@H]2CN(C(=O)O)CCO2)c1-c1cc(N)n[nH]1.COc1cccc(OC[C@@H]2CN(C(=O)OC(C)(C)C)CCO2)c1-c1cc(N)n[nH]1. The van der Waals surface area contributed by atoms with Crippen LogP contribution in [0.25, 0.3) is 22.5 Å². The number of morpholine rings is 2. The predicted molar refractivity (Wildman–Crippen MR) is 259 cm³/mol. The summed E-state index contributed by atoms with van der Waals surface area (Å²) in [6.45, 7) is 27.8. The smallest absolute Gasteiger partial charge is 0.410 e. The van der Waals surface area contributed by atoms with Crippen LogP contribution in [-0.4, -0.2) is 132 Å². The highest BCUT2D eigenvalue weighted by molar-refractivity contribution is 5.76. The van der Waals surface area contributed by atoms with Crippen molar-refractivity contribution in [3.05, 3.63) is 48.5 Å². The molecule has 4 aromatic rings. The average Bonchev–Trinajstić information content (AvgIpc) is 3.88. The van der Waals surface area contributed by atoms with E-state index in [2.05, 4.69) is 82.7 Å². The van der Waals surface area contributed by atoms with Crippen LogP contribution >= 0.6 is 0 Å². The molecule has 4 heterocycles. The zero-order chi connectivity index (χ0) is 49.6. The number of hydrogen-bond acceptors (Lipinski definition) is 13. The van der Waals surface area contributed by atoms with Crippen LogP contribution < -0.4 is 30.4 Å². The first kappa shape index (κ1) is 56.2. The monoisotopic (exact) mass is 927 g/mol. The normalized spacial score (nSPS) is 15.7. The number of nitrogens with zero attached hydrogens (tertiary/aromatic N) is 4. The Kier molecular flexibility index (Phi) is 24.1. The summed E-state index contributed by atoms with van der Waals surface area (Å²) in [6.07, 6.45) is -1.91. The molecule has 0 radical (unpaired) electrons. The number of ether oxygens (including phenoxy) is 7. The summed E-state index contributed by atoms with van der Waals surface area (Å²) in [5.74, 6) is 5.65. The number of carbonyl (C=O) groups is 2. The molecule has 18 nitrogen and oxygen atoms in total. The lowest BCUT2D eigenvalue weighted by Crippen LogP contribution is -2.49. The number of carbonyl (C=O) groups excluding carboxylic acids is 1. The predicted octanol–water partition coefficient (Wildman–Crippen LogP) is 9.09. The van der Waals surface area contributed by atoms with Gasteiger partial charge in [-0.1, -0.05) is 74.4 Å². The molecule has 18 heteroatoms. The molecule has 2 aliphatic rings. The zero-order valence-electron chi connectivity index (χ0n) is 41.7. The number of aromatic amines is 2. The van der Waals surface area contributed by atoms with Crippen molar-refractivity contribution in [2.24, 2.45) is 17.8 Å². The highest BCUT2D eigenvalue weighted by Gasteiger charge is 2.29. The van der Waals surface area contributed by atoms with E-state index in [4.69, 9.17) is 49.7 Å². The Labute approximate surface area is 391 Å². The van der Waals surface area contributed by atoms with E-state index in [9.17, 15) is 9.59 Å². The minimum Gasteiger partial charge on any atom is -0.496 e. The third-order valence-corrected chi connectivity index (χ3v) is 8.20. The molecule has 2 amide bonds. The highest BCUT2D eigenvalue weighted by Crippen LogP contribution is 2.39. The van der Waals surface area contributed by atoms with Crippen LogP contribution in [0.1, 0.15) is 83.1 Å². The number of carboxylic acid groups (broad SMARTS) is 1. The Morgan fingerprint density at radius 2 is 1.06 bits per heavy atom. The van der Waals surface area contributed by atoms with Crippen LogP contribution in [0.3, 0.4) is 0 Å².